The molecule has 0 aromatic heterocycles. The summed E-state index contributed by atoms with van der Waals surface area (Å²) >= 11 is 0. The number of carbonyl (C=O) groups excluding carboxylic acids is 2. The summed E-state index contributed by atoms with van der Waals surface area (Å²) in [6.07, 6.45) is 3.19. The molecule has 1 aliphatic carbocycles. The Morgan fingerprint density at radius 3 is 2.75 bits per heavy atom. The molecule has 1 aromatic rings. The molecule has 106 valence electrons. The molecule has 1 fully saturated rings. The second kappa shape index (κ2) is 5.27. The predicted molar refractivity (Wildman–Crippen MR) is 74.1 cm³/mol. The molecule has 0 radical (unpaired) electrons. The van der Waals surface area contributed by atoms with Crippen molar-refractivity contribution in [3.8, 4) is 0 Å². The number of fused-ring (bicyclic) bond motifs is 1. The van der Waals surface area contributed by atoms with Gasteiger partial charge < -0.3 is 9.64 Å². The van der Waals surface area contributed by atoms with Gasteiger partial charge in [-0.25, -0.2) is 0 Å². The molecule has 0 N–H and O–H groups in total. The third-order valence-electron chi connectivity index (χ3n) is 4.45. The number of aryl methyl sites for hydroxylation is 1. The van der Waals surface area contributed by atoms with Crippen LogP contribution in [-0.2, 0) is 27.2 Å². The van der Waals surface area contributed by atoms with Gasteiger partial charge in [-0.1, -0.05) is 24.3 Å². The summed E-state index contributed by atoms with van der Waals surface area (Å²) in [5.41, 5.74) is 2.72. The molecule has 2 aliphatic rings. The molecule has 1 saturated heterocycles. The van der Waals surface area contributed by atoms with Crippen molar-refractivity contribution in [2.75, 3.05) is 13.7 Å². The highest BCUT2D eigenvalue weighted by molar-refractivity contribution is 5.87. The van der Waals surface area contributed by atoms with Crippen molar-refractivity contribution in [2.45, 2.75) is 31.7 Å². The number of hydrogen-bond donors (Lipinski definition) is 0. The van der Waals surface area contributed by atoms with E-state index in [-0.39, 0.29) is 23.8 Å². The molecule has 2 atom stereocenters. The largest absolute Gasteiger partial charge is 0.469 e. The van der Waals surface area contributed by atoms with Gasteiger partial charge in [0.1, 0.15) is 0 Å². The molecule has 2 unspecified atom stereocenters. The maximum absolute atomic E-state index is 12.1. The number of likely N-dealkylation sites (tertiary alicyclic amines) is 1. The zero-order valence-corrected chi connectivity index (χ0v) is 11.7. The molecule has 4 heteroatoms. The molecular weight excluding hydrogens is 254 g/mol. The average Bonchev–Trinajstić information content (AvgIpc) is 2.88. The van der Waals surface area contributed by atoms with E-state index in [0.717, 1.165) is 19.3 Å². The van der Waals surface area contributed by atoms with E-state index >= 15 is 0 Å². The van der Waals surface area contributed by atoms with Crippen LogP contribution < -0.4 is 0 Å². The van der Waals surface area contributed by atoms with E-state index < -0.39 is 0 Å². The lowest BCUT2D eigenvalue weighted by Crippen LogP contribution is -2.40. The SMILES string of the molecule is COC(=O)C1CC(=O)N(C2CCc3ccccc3C2)C1. The van der Waals surface area contributed by atoms with Crippen LogP contribution in [-0.4, -0.2) is 36.5 Å². The van der Waals surface area contributed by atoms with Gasteiger partial charge in [0.15, 0.2) is 0 Å². The van der Waals surface area contributed by atoms with Gasteiger partial charge in [-0.3, -0.25) is 9.59 Å². The zero-order chi connectivity index (χ0) is 14.1. The third kappa shape index (κ3) is 2.30. The van der Waals surface area contributed by atoms with E-state index in [1.807, 2.05) is 11.0 Å². The Bertz CT molecular complexity index is 540. The molecule has 1 aromatic carbocycles. The molecule has 3 rings (SSSR count). The molecule has 0 saturated carbocycles. The lowest BCUT2D eigenvalue weighted by Gasteiger charge is -2.32. The number of amides is 1. The summed E-state index contributed by atoms with van der Waals surface area (Å²) in [5, 5.41) is 0. The van der Waals surface area contributed by atoms with Crippen LogP contribution in [0, 0.1) is 5.92 Å². The van der Waals surface area contributed by atoms with Gasteiger partial charge in [0.2, 0.25) is 5.91 Å². The summed E-state index contributed by atoms with van der Waals surface area (Å²) in [6.45, 7) is 0.512. The third-order valence-corrected chi connectivity index (χ3v) is 4.45. The fraction of sp³-hybridized carbons (Fsp3) is 0.500. The Morgan fingerprint density at radius 2 is 2.00 bits per heavy atom. The van der Waals surface area contributed by atoms with Gasteiger partial charge in [0.05, 0.1) is 13.0 Å². The molecule has 1 heterocycles. The second-order valence-corrected chi connectivity index (χ2v) is 5.64. The number of ether oxygens (including phenoxy) is 1. The lowest BCUT2D eigenvalue weighted by atomic mass is 9.87. The molecule has 20 heavy (non-hydrogen) atoms. The smallest absolute Gasteiger partial charge is 0.310 e. The average molecular weight is 273 g/mol. The number of carbonyl (C=O) groups is 2. The van der Waals surface area contributed by atoms with Crippen molar-refractivity contribution in [3.63, 3.8) is 0 Å². The van der Waals surface area contributed by atoms with E-state index in [1.54, 1.807) is 0 Å². The first-order valence-corrected chi connectivity index (χ1v) is 7.13. The summed E-state index contributed by atoms with van der Waals surface area (Å²) in [5.74, 6) is -0.466. The van der Waals surface area contributed by atoms with E-state index in [4.69, 9.17) is 4.74 Å². The van der Waals surface area contributed by atoms with Crippen LogP contribution in [0.25, 0.3) is 0 Å². The Kier molecular flexibility index (Phi) is 3.47. The van der Waals surface area contributed by atoms with E-state index in [2.05, 4.69) is 18.2 Å². The quantitative estimate of drug-likeness (QED) is 0.768. The van der Waals surface area contributed by atoms with Gasteiger partial charge in [0.25, 0.3) is 0 Å². The van der Waals surface area contributed by atoms with Crippen molar-refractivity contribution < 1.29 is 14.3 Å². The van der Waals surface area contributed by atoms with E-state index in [0.29, 0.717) is 13.0 Å². The molecule has 4 nitrogen and oxygen atoms in total. The number of benzene rings is 1. The summed E-state index contributed by atoms with van der Waals surface area (Å²) in [7, 11) is 1.38. The summed E-state index contributed by atoms with van der Waals surface area (Å²) in [4.78, 5) is 25.6. The number of hydrogen-bond acceptors (Lipinski definition) is 3. The van der Waals surface area contributed by atoms with Gasteiger partial charge in [-0.15, -0.1) is 0 Å². The summed E-state index contributed by atoms with van der Waals surface area (Å²) < 4.78 is 4.76. The minimum absolute atomic E-state index is 0.0878. The Balaban J connectivity index is 1.72. The Labute approximate surface area is 118 Å². The van der Waals surface area contributed by atoms with E-state index in [1.165, 1.54) is 18.2 Å². The van der Waals surface area contributed by atoms with Crippen LogP contribution in [0.15, 0.2) is 24.3 Å². The van der Waals surface area contributed by atoms with Crippen molar-refractivity contribution in [1.82, 2.24) is 4.90 Å². The monoisotopic (exact) mass is 273 g/mol. The fourth-order valence-electron chi connectivity index (χ4n) is 3.35. The summed E-state index contributed by atoms with van der Waals surface area (Å²) in [6, 6.07) is 8.64. The van der Waals surface area contributed by atoms with Crippen LogP contribution in [0.2, 0.25) is 0 Å². The van der Waals surface area contributed by atoms with Gasteiger partial charge in [0, 0.05) is 19.0 Å². The highest BCUT2D eigenvalue weighted by Crippen LogP contribution is 2.29. The molecule has 0 bridgehead atoms. The maximum Gasteiger partial charge on any atom is 0.310 e. The Hall–Kier alpha value is -1.84. The first kappa shape index (κ1) is 13.2. The van der Waals surface area contributed by atoms with Gasteiger partial charge >= 0.3 is 5.97 Å². The zero-order valence-electron chi connectivity index (χ0n) is 11.7. The lowest BCUT2D eigenvalue weighted by molar-refractivity contribution is -0.145. The van der Waals surface area contributed by atoms with Crippen LogP contribution in [0.3, 0.4) is 0 Å². The van der Waals surface area contributed by atoms with Gasteiger partial charge in [-0.2, -0.15) is 0 Å². The maximum atomic E-state index is 12.1. The van der Waals surface area contributed by atoms with Gasteiger partial charge in [-0.05, 0) is 30.4 Å². The number of esters is 1. The van der Waals surface area contributed by atoms with Crippen molar-refractivity contribution in [1.29, 1.82) is 0 Å². The normalized spacial score (nSPS) is 25.4. The van der Waals surface area contributed by atoms with Crippen LogP contribution >= 0.6 is 0 Å². The number of methoxy groups -OCH3 is 1. The first-order chi connectivity index (χ1) is 9.69. The van der Waals surface area contributed by atoms with E-state index in [9.17, 15) is 9.59 Å². The number of rotatable bonds is 2. The highest BCUT2D eigenvalue weighted by atomic mass is 16.5. The van der Waals surface area contributed by atoms with Crippen molar-refractivity contribution in [2.24, 2.45) is 5.92 Å². The van der Waals surface area contributed by atoms with Crippen molar-refractivity contribution >= 4 is 11.9 Å². The minimum atomic E-state index is -0.287. The number of nitrogens with zero attached hydrogens (tertiary/aromatic N) is 1. The topological polar surface area (TPSA) is 46.6 Å². The first-order valence-electron chi connectivity index (χ1n) is 7.13. The molecule has 1 aliphatic heterocycles. The molecular formula is C16H19NO3. The van der Waals surface area contributed by atoms with Crippen LogP contribution in [0.5, 0.6) is 0 Å². The van der Waals surface area contributed by atoms with Crippen LogP contribution in [0.4, 0.5) is 0 Å². The standard InChI is InChI=1S/C16H19NO3/c1-20-16(19)13-9-15(18)17(10-13)14-7-6-11-4-2-3-5-12(11)8-14/h2-5,13-14H,6-10H2,1H3. The predicted octanol–water partition coefficient (Wildman–Crippen LogP) is 1.57. The van der Waals surface area contributed by atoms with Crippen LogP contribution in [0.1, 0.15) is 24.0 Å². The minimum Gasteiger partial charge on any atom is -0.469 e. The van der Waals surface area contributed by atoms with Crippen molar-refractivity contribution in [3.05, 3.63) is 35.4 Å². The molecule has 1 amide bonds. The highest BCUT2D eigenvalue weighted by Gasteiger charge is 2.39. The molecule has 0 spiro atoms. The Morgan fingerprint density at radius 1 is 1.25 bits per heavy atom. The fourth-order valence-corrected chi connectivity index (χ4v) is 3.35. The second-order valence-electron chi connectivity index (χ2n) is 5.64.